The van der Waals surface area contributed by atoms with E-state index in [-0.39, 0.29) is 0 Å². The van der Waals surface area contributed by atoms with Crippen LogP contribution in [0.25, 0.3) is 0 Å². The summed E-state index contributed by atoms with van der Waals surface area (Å²) in [6, 6.07) is 13.3. The van der Waals surface area contributed by atoms with E-state index in [1.54, 1.807) is 12.1 Å². The zero-order valence-corrected chi connectivity index (χ0v) is 13.1. The molecule has 1 N–H and O–H groups in total. The van der Waals surface area contributed by atoms with Crippen molar-refractivity contribution < 1.29 is 4.74 Å². The van der Waals surface area contributed by atoms with Crippen LogP contribution >= 0.6 is 39.1 Å². The molecule has 2 rings (SSSR count). The predicted octanol–water partition coefficient (Wildman–Crippen LogP) is 5.25. The van der Waals surface area contributed by atoms with Gasteiger partial charge in [-0.05, 0) is 30.3 Å². The van der Waals surface area contributed by atoms with Crippen molar-refractivity contribution in [3.8, 4) is 5.75 Å². The second-order valence-electron chi connectivity index (χ2n) is 3.84. The number of benzene rings is 2. The molecule has 0 bridgehead atoms. The molecule has 0 spiro atoms. The van der Waals surface area contributed by atoms with Crippen molar-refractivity contribution >= 4 is 44.8 Å². The van der Waals surface area contributed by atoms with Crippen LogP contribution in [0.5, 0.6) is 5.75 Å². The minimum atomic E-state index is 0.451. The summed E-state index contributed by atoms with van der Waals surface area (Å²) in [7, 11) is 0. The summed E-state index contributed by atoms with van der Waals surface area (Å²) in [5.74, 6) is 0.602. The lowest BCUT2D eigenvalue weighted by atomic mass is 10.3. The predicted molar refractivity (Wildman–Crippen MR) is 84.6 cm³/mol. The van der Waals surface area contributed by atoms with Crippen molar-refractivity contribution in [2.45, 2.75) is 0 Å². The van der Waals surface area contributed by atoms with Crippen molar-refractivity contribution in [1.29, 1.82) is 0 Å². The zero-order chi connectivity index (χ0) is 13.7. The highest BCUT2D eigenvalue weighted by Crippen LogP contribution is 2.31. The lowest BCUT2D eigenvalue weighted by Crippen LogP contribution is -2.11. The molecule has 2 nitrogen and oxygen atoms in total. The van der Waals surface area contributed by atoms with Crippen LogP contribution in [0.3, 0.4) is 0 Å². The molecule has 0 unspecified atom stereocenters. The third-order valence-corrected chi connectivity index (χ3v) is 3.72. The van der Waals surface area contributed by atoms with E-state index < -0.39 is 0 Å². The van der Waals surface area contributed by atoms with Gasteiger partial charge in [0.2, 0.25) is 0 Å². The lowest BCUT2D eigenvalue weighted by Gasteiger charge is -2.10. The van der Waals surface area contributed by atoms with E-state index in [1.165, 1.54) is 0 Å². The fraction of sp³-hybridized carbons (Fsp3) is 0.143. The number of nitrogens with one attached hydrogen (secondary N) is 1. The van der Waals surface area contributed by atoms with Gasteiger partial charge in [-0.1, -0.05) is 51.3 Å². The molecular formula is C14H12BrCl2NO. The standard InChI is InChI=1S/C14H12BrCl2NO/c15-10-3-1-4-11(9-10)18-7-8-19-13-6-2-5-12(16)14(13)17/h1-6,9,18H,7-8H2. The van der Waals surface area contributed by atoms with E-state index in [4.69, 9.17) is 27.9 Å². The first kappa shape index (κ1) is 14.5. The second kappa shape index (κ2) is 7.04. The molecule has 19 heavy (non-hydrogen) atoms. The molecule has 0 atom stereocenters. The third kappa shape index (κ3) is 4.30. The van der Waals surface area contributed by atoms with E-state index in [2.05, 4.69) is 21.2 Å². The van der Waals surface area contributed by atoms with Crippen LogP contribution in [0.15, 0.2) is 46.9 Å². The van der Waals surface area contributed by atoms with E-state index in [1.807, 2.05) is 30.3 Å². The molecule has 5 heteroatoms. The monoisotopic (exact) mass is 359 g/mol. The van der Waals surface area contributed by atoms with Gasteiger partial charge in [-0.3, -0.25) is 0 Å². The second-order valence-corrected chi connectivity index (χ2v) is 5.54. The van der Waals surface area contributed by atoms with Crippen molar-refractivity contribution in [3.05, 3.63) is 57.0 Å². The van der Waals surface area contributed by atoms with Gasteiger partial charge >= 0.3 is 0 Å². The summed E-state index contributed by atoms with van der Waals surface area (Å²) in [6.07, 6.45) is 0. The average molecular weight is 361 g/mol. The van der Waals surface area contributed by atoms with Crippen molar-refractivity contribution in [2.24, 2.45) is 0 Å². The Balaban J connectivity index is 1.82. The Bertz CT molecular complexity index is 563. The fourth-order valence-corrected chi connectivity index (χ4v) is 2.30. The van der Waals surface area contributed by atoms with Crippen molar-refractivity contribution in [1.82, 2.24) is 0 Å². The van der Waals surface area contributed by atoms with Gasteiger partial charge in [-0.25, -0.2) is 0 Å². The molecule has 0 heterocycles. The minimum Gasteiger partial charge on any atom is -0.490 e. The highest BCUT2D eigenvalue weighted by molar-refractivity contribution is 9.10. The van der Waals surface area contributed by atoms with Crippen molar-refractivity contribution in [3.63, 3.8) is 0 Å². The van der Waals surface area contributed by atoms with E-state index >= 15 is 0 Å². The van der Waals surface area contributed by atoms with Crippen molar-refractivity contribution in [2.75, 3.05) is 18.5 Å². The number of ether oxygens (including phenoxy) is 1. The van der Waals surface area contributed by atoms with Gasteiger partial charge in [0, 0.05) is 16.7 Å². The largest absolute Gasteiger partial charge is 0.490 e. The van der Waals surface area contributed by atoms with Gasteiger partial charge in [0.15, 0.2) is 0 Å². The zero-order valence-electron chi connectivity index (χ0n) is 10.00. The first-order valence-corrected chi connectivity index (χ1v) is 7.28. The molecular weight excluding hydrogens is 349 g/mol. The lowest BCUT2D eigenvalue weighted by molar-refractivity contribution is 0.333. The molecule has 0 fully saturated rings. The van der Waals surface area contributed by atoms with E-state index in [0.29, 0.717) is 28.9 Å². The molecule has 2 aromatic carbocycles. The maximum atomic E-state index is 6.03. The van der Waals surface area contributed by atoms with E-state index in [0.717, 1.165) is 10.2 Å². The maximum Gasteiger partial charge on any atom is 0.139 e. The van der Waals surface area contributed by atoms with Crippen LogP contribution in [-0.4, -0.2) is 13.2 Å². The molecule has 0 aliphatic carbocycles. The molecule has 0 saturated heterocycles. The van der Waals surface area contributed by atoms with Crippen LogP contribution in [0.4, 0.5) is 5.69 Å². The van der Waals surface area contributed by atoms with Gasteiger partial charge in [0.05, 0.1) is 5.02 Å². The number of anilines is 1. The molecule has 100 valence electrons. The molecule has 0 saturated carbocycles. The van der Waals surface area contributed by atoms with E-state index in [9.17, 15) is 0 Å². The van der Waals surface area contributed by atoms with Crippen LogP contribution in [0.1, 0.15) is 0 Å². The van der Waals surface area contributed by atoms with Gasteiger partial charge in [0.1, 0.15) is 17.4 Å². The summed E-state index contributed by atoms with van der Waals surface area (Å²) in [5.41, 5.74) is 1.04. The Labute approximate surface area is 130 Å². The topological polar surface area (TPSA) is 21.3 Å². The Morgan fingerprint density at radius 3 is 2.68 bits per heavy atom. The highest BCUT2D eigenvalue weighted by atomic mass is 79.9. The van der Waals surface area contributed by atoms with Crippen LogP contribution in [0, 0.1) is 0 Å². The maximum absolute atomic E-state index is 6.03. The molecule has 0 amide bonds. The fourth-order valence-electron chi connectivity index (χ4n) is 1.55. The van der Waals surface area contributed by atoms with Crippen LogP contribution in [0.2, 0.25) is 10.0 Å². The number of rotatable bonds is 5. The smallest absolute Gasteiger partial charge is 0.139 e. The Morgan fingerprint density at radius 2 is 1.89 bits per heavy atom. The first-order chi connectivity index (χ1) is 9.16. The normalized spacial score (nSPS) is 10.3. The van der Waals surface area contributed by atoms with Gasteiger partial charge in [-0.15, -0.1) is 0 Å². The SMILES string of the molecule is Clc1cccc(OCCNc2cccc(Br)c2)c1Cl. The summed E-state index contributed by atoms with van der Waals surface area (Å²) in [5, 5.41) is 4.21. The van der Waals surface area contributed by atoms with Gasteiger partial charge < -0.3 is 10.1 Å². The molecule has 0 aliphatic rings. The summed E-state index contributed by atoms with van der Waals surface area (Å²) in [6.45, 7) is 1.19. The molecule has 2 aromatic rings. The van der Waals surface area contributed by atoms with Crippen LogP contribution < -0.4 is 10.1 Å². The Morgan fingerprint density at radius 1 is 1.11 bits per heavy atom. The number of hydrogen-bond acceptors (Lipinski definition) is 2. The summed E-state index contributed by atoms with van der Waals surface area (Å²) >= 11 is 15.4. The van der Waals surface area contributed by atoms with Crippen LogP contribution in [-0.2, 0) is 0 Å². The summed E-state index contributed by atoms with van der Waals surface area (Å²) < 4.78 is 6.62. The average Bonchev–Trinajstić information content (AvgIpc) is 2.39. The Kier molecular flexibility index (Phi) is 5.37. The number of hydrogen-bond donors (Lipinski definition) is 1. The summed E-state index contributed by atoms with van der Waals surface area (Å²) in [4.78, 5) is 0. The molecule has 0 aromatic heterocycles. The Hall–Kier alpha value is -0.900. The molecule has 0 aliphatic heterocycles. The van der Waals surface area contributed by atoms with Gasteiger partial charge in [-0.2, -0.15) is 0 Å². The first-order valence-electron chi connectivity index (χ1n) is 5.73. The highest BCUT2D eigenvalue weighted by Gasteiger charge is 2.04. The molecule has 0 radical (unpaired) electrons. The number of halogens is 3. The van der Waals surface area contributed by atoms with Gasteiger partial charge in [0.25, 0.3) is 0 Å². The third-order valence-electron chi connectivity index (χ3n) is 2.43. The quantitative estimate of drug-likeness (QED) is 0.735. The minimum absolute atomic E-state index is 0.451.